The van der Waals surface area contributed by atoms with Crippen LogP contribution in [-0.2, 0) is 16.1 Å². The predicted molar refractivity (Wildman–Crippen MR) is 129 cm³/mol. The number of nitrogens with zero attached hydrogens (tertiary/aromatic N) is 4. The quantitative estimate of drug-likeness (QED) is 0.418. The number of hydrogen-bond acceptors (Lipinski definition) is 5. The van der Waals surface area contributed by atoms with Gasteiger partial charge in [-0.05, 0) is 55.0 Å². The summed E-state index contributed by atoms with van der Waals surface area (Å²) in [6, 6.07) is 15.4. The summed E-state index contributed by atoms with van der Waals surface area (Å²) >= 11 is 6.50. The van der Waals surface area contributed by atoms with Gasteiger partial charge in [-0.15, -0.1) is 0 Å². The first kappa shape index (κ1) is 23.5. The van der Waals surface area contributed by atoms with Gasteiger partial charge in [-0.25, -0.2) is 9.07 Å². The van der Waals surface area contributed by atoms with Crippen LogP contribution >= 0.6 is 11.6 Å². The van der Waals surface area contributed by atoms with E-state index in [0.717, 1.165) is 24.3 Å². The maximum Gasteiger partial charge on any atom is 0.266 e. The van der Waals surface area contributed by atoms with Crippen LogP contribution in [0.2, 0.25) is 5.15 Å². The average molecular weight is 480 g/mol. The van der Waals surface area contributed by atoms with Crippen LogP contribution in [0.4, 0.5) is 15.8 Å². The van der Waals surface area contributed by atoms with Crippen LogP contribution in [-0.4, -0.2) is 42.0 Å². The molecular weight excluding hydrogens is 457 g/mol. The lowest BCUT2D eigenvalue weighted by Crippen LogP contribution is -2.36. The monoisotopic (exact) mass is 479 g/mol. The Kier molecular flexibility index (Phi) is 7.26. The molecule has 1 saturated heterocycles. The second-order valence-electron chi connectivity index (χ2n) is 7.84. The summed E-state index contributed by atoms with van der Waals surface area (Å²) in [6.07, 6.45) is 1.43. The van der Waals surface area contributed by atoms with E-state index in [9.17, 15) is 14.4 Å². The van der Waals surface area contributed by atoms with Crippen molar-refractivity contribution in [1.82, 2.24) is 9.78 Å². The largest absolute Gasteiger partial charge is 0.378 e. The lowest BCUT2D eigenvalue weighted by molar-refractivity contribution is -0.112. The van der Waals surface area contributed by atoms with Gasteiger partial charge in [0.2, 0.25) is 0 Å². The summed E-state index contributed by atoms with van der Waals surface area (Å²) in [6.45, 7) is 5.10. The van der Waals surface area contributed by atoms with Gasteiger partial charge in [0, 0.05) is 30.0 Å². The molecule has 1 aliphatic heterocycles. The zero-order valence-corrected chi connectivity index (χ0v) is 19.3. The van der Waals surface area contributed by atoms with Crippen molar-refractivity contribution in [2.24, 2.45) is 0 Å². The maximum atomic E-state index is 13.2. The van der Waals surface area contributed by atoms with E-state index in [2.05, 4.69) is 15.3 Å². The van der Waals surface area contributed by atoms with Crippen LogP contribution in [0.5, 0.6) is 0 Å². The number of ether oxygens (including phenoxy) is 1. The van der Waals surface area contributed by atoms with E-state index in [1.165, 1.54) is 18.2 Å². The van der Waals surface area contributed by atoms with Crippen LogP contribution in [0.15, 0.2) is 54.1 Å². The number of benzene rings is 2. The van der Waals surface area contributed by atoms with Gasteiger partial charge in [-0.3, -0.25) is 4.79 Å². The normalized spacial score (nSPS) is 14.1. The molecule has 1 aromatic heterocycles. The van der Waals surface area contributed by atoms with Gasteiger partial charge in [0.15, 0.2) is 0 Å². The van der Waals surface area contributed by atoms with Gasteiger partial charge in [0.1, 0.15) is 22.6 Å². The maximum absolute atomic E-state index is 13.2. The third-order valence-corrected chi connectivity index (χ3v) is 5.91. The van der Waals surface area contributed by atoms with E-state index in [4.69, 9.17) is 16.3 Å². The summed E-state index contributed by atoms with van der Waals surface area (Å²) in [7, 11) is 0. The van der Waals surface area contributed by atoms with Crippen molar-refractivity contribution in [3.05, 3.63) is 81.9 Å². The van der Waals surface area contributed by atoms with Gasteiger partial charge >= 0.3 is 0 Å². The Morgan fingerprint density at radius 2 is 1.88 bits per heavy atom. The number of carbonyl (C=O) groups excluding carboxylic acids is 1. The SMILES string of the molecule is Cc1nn(Cc2ccc(F)cc2)c(Cl)c1/C=C(\C#N)C(=O)Nc1ccc(N2CCOCC2)cc1. The van der Waals surface area contributed by atoms with Crippen molar-refractivity contribution in [3.63, 3.8) is 0 Å². The first-order chi connectivity index (χ1) is 16.4. The number of carbonyl (C=O) groups is 1. The highest BCUT2D eigenvalue weighted by Crippen LogP contribution is 2.25. The number of hydrogen-bond donors (Lipinski definition) is 1. The van der Waals surface area contributed by atoms with Crippen molar-refractivity contribution in [1.29, 1.82) is 5.26 Å². The Hall–Kier alpha value is -3.67. The van der Waals surface area contributed by atoms with Gasteiger partial charge in [-0.1, -0.05) is 23.7 Å². The van der Waals surface area contributed by atoms with E-state index in [1.54, 1.807) is 35.9 Å². The summed E-state index contributed by atoms with van der Waals surface area (Å²) in [5.41, 5.74) is 3.41. The third-order valence-electron chi connectivity index (χ3n) is 5.51. The molecule has 0 atom stereocenters. The number of aryl methyl sites for hydroxylation is 1. The molecule has 2 heterocycles. The molecular formula is C25H23ClFN5O2. The fourth-order valence-electron chi connectivity index (χ4n) is 3.67. The van der Waals surface area contributed by atoms with Crippen molar-refractivity contribution in [3.8, 4) is 6.07 Å². The molecule has 7 nitrogen and oxygen atoms in total. The third kappa shape index (κ3) is 5.45. The smallest absolute Gasteiger partial charge is 0.266 e. The van der Waals surface area contributed by atoms with E-state index in [0.29, 0.717) is 36.7 Å². The number of anilines is 2. The fraction of sp³-hybridized carbons (Fsp3) is 0.240. The highest BCUT2D eigenvalue weighted by Gasteiger charge is 2.17. The number of rotatable bonds is 6. The minimum Gasteiger partial charge on any atom is -0.378 e. The van der Waals surface area contributed by atoms with Crippen LogP contribution in [0.1, 0.15) is 16.8 Å². The molecule has 0 radical (unpaired) electrons. The van der Waals surface area contributed by atoms with Crippen molar-refractivity contribution in [2.45, 2.75) is 13.5 Å². The molecule has 4 rings (SSSR count). The fourth-order valence-corrected chi connectivity index (χ4v) is 3.96. The molecule has 34 heavy (non-hydrogen) atoms. The van der Waals surface area contributed by atoms with Crippen LogP contribution in [0, 0.1) is 24.1 Å². The predicted octanol–water partition coefficient (Wildman–Crippen LogP) is 4.41. The van der Waals surface area contributed by atoms with Crippen molar-refractivity contribution in [2.75, 3.05) is 36.5 Å². The van der Waals surface area contributed by atoms with Crippen molar-refractivity contribution < 1.29 is 13.9 Å². The molecule has 3 aromatic rings. The van der Waals surface area contributed by atoms with Gasteiger partial charge < -0.3 is 15.0 Å². The number of nitriles is 1. The van der Waals surface area contributed by atoms with Gasteiger partial charge in [-0.2, -0.15) is 10.4 Å². The Morgan fingerprint density at radius 1 is 1.21 bits per heavy atom. The Morgan fingerprint density at radius 3 is 2.53 bits per heavy atom. The summed E-state index contributed by atoms with van der Waals surface area (Å²) in [4.78, 5) is 15.0. The first-order valence-electron chi connectivity index (χ1n) is 10.8. The van der Waals surface area contributed by atoms with E-state index < -0.39 is 5.91 Å². The summed E-state index contributed by atoms with van der Waals surface area (Å²) in [5.74, 6) is -0.862. The molecule has 0 saturated carbocycles. The second-order valence-corrected chi connectivity index (χ2v) is 8.20. The Labute approximate surface area is 202 Å². The lowest BCUT2D eigenvalue weighted by atomic mass is 10.1. The molecule has 1 fully saturated rings. The van der Waals surface area contributed by atoms with Crippen LogP contribution in [0.25, 0.3) is 6.08 Å². The Balaban J connectivity index is 1.48. The number of nitrogens with one attached hydrogen (secondary N) is 1. The zero-order chi connectivity index (χ0) is 24.1. The minimum absolute atomic E-state index is 0.0939. The van der Waals surface area contributed by atoms with Crippen molar-refractivity contribution >= 4 is 35.0 Å². The second kappa shape index (κ2) is 10.5. The van der Waals surface area contributed by atoms with E-state index in [-0.39, 0.29) is 16.5 Å². The standard InChI is InChI=1S/C25H23ClFN5O2/c1-17-23(24(26)32(30-17)16-18-2-4-20(27)5-3-18)14-19(15-28)25(33)29-21-6-8-22(9-7-21)31-10-12-34-13-11-31/h2-9,14H,10-13,16H2,1H3,(H,29,33)/b19-14+. The molecule has 2 aromatic carbocycles. The number of amides is 1. The topological polar surface area (TPSA) is 83.2 Å². The van der Waals surface area contributed by atoms with E-state index in [1.807, 2.05) is 18.2 Å². The molecule has 1 amide bonds. The molecule has 0 unspecified atom stereocenters. The highest BCUT2D eigenvalue weighted by molar-refractivity contribution is 6.31. The molecule has 174 valence electrons. The summed E-state index contributed by atoms with van der Waals surface area (Å²) in [5, 5.41) is 17.0. The number of morpholine rings is 1. The molecule has 0 spiro atoms. The lowest BCUT2D eigenvalue weighted by Gasteiger charge is -2.28. The van der Waals surface area contributed by atoms with Crippen LogP contribution in [0.3, 0.4) is 0 Å². The molecule has 1 aliphatic rings. The van der Waals surface area contributed by atoms with Crippen LogP contribution < -0.4 is 10.2 Å². The zero-order valence-electron chi connectivity index (χ0n) is 18.6. The highest BCUT2D eigenvalue weighted by atomic mass is 35.5. The molecule has 1 N–H and O–H groups in total. The first-order valence-corrected chi connectivity index (χ1v) is 11.2. The number of halogens is 2. The molecule has 9 heteroatoms. The van der Waals surface area contributed by atoms with Gasteiger partial charge in [0.25, 0.3) is 5.91 Å². The summed E-state index contributed by atoms with van der Waals surface area (Å²) < 4.78 is 20.1. The van der Waals surface area contributed by atoms with E-state index >= 15 is 0 Å². The Bertz CT molecular complexity index is 1240. The molecule has 0 aliphatic carbocycles. The average Bonchev–Trinajstić information content (AvgIpc) is 3.11. The molecule has 0 bridgehead atoms. The minimum atomic E-state index is -0.539. The number of aromatic nitrogens is 2. The van der Waals surface area contributed by atoms with Gasteiger partial charge in [0.05, 0.1) is 25.5 Å².